The van der Waals surface area contributed by atoms with E-state index in [9.17, 15) is 0 Å². The molecule has 96 valence electrons. The summed E-state index contributed by atoms with van der Waals surface area (Å²) in [5.74, 6) is 0. The maximum Gasteiger partial charge on any atom is 0.0962 e. The molecule has 0 aliphatic rings. The minimum absolute atomic E-state index is 0. The second kappa shape index (κ2) is 7.53. The standard InChI is InChI=1S/C14H16N2S.HI/c1-16(2)13-8-6-12(7-9-13)4-3-5-14-15-10-11-17-14;/h3-4,6-11H,5H2,1-2H3;1H. The van der Waals surface area contributed by atoms with E-state index >= 15 is 0 Å². The van der Waals surface area contributed by atoms with Gasteiger partial charge in [0.2, 0.25) is 0 Å². The zero-order chi connectivity index (χ0) is 12.1. The molecule has 4 heteroatoms. The molecule has 1 heterocycles. The van der Waals surface area contributed by atoms with Gasteiger partial charge in [0.15, 0.2) is 0 Å². The highest BCUT2D eigenvalue weighted by molar-refractivity contribution is 14.0. The number of thiazole rings is 1. The first kappa shape index (κ1) is 15.2. The van der Waals surface area contributed by atoms with Crippen LogP contribution in [0.1, 0.15) is 10.6 Å². The van der Waals surface area contributed by atoms with Crippen LogP contribution in [-0.2, 0) is 6.42 Å². The zero-order valence-corrected chi connectivity index (χ0v) is 13.7. The van der Waals surface area contributed by atoms with E-state index < -0.39 is 0 Å². The van der Waals surface area contributed by atoms with Crippen molar-refractivity contribution in [3.05, 3.63) is 52.5 Å². The molecule has 0 fully saturated rings. The van der Waals surface area contributed by atoms with Crippen LogP contribution >= 0.6 is 35.3 Å². The summed E-state index contributed by atoms with van der Waals surface area (Å²) in [4.78, 5) is 6.35. The molecule has 0 saturated heterocycles. The summed E-state index contributed by atoms with van der Waals surface area (Å²) in [5, 5.41) is 3.17. The molecule has 0 radical (unpaired) electrons. The molecule has 0 bridgehead atoms. The lowest BCUT2D eigenvalue weighted by Gasteiger charge is -2.11. The fraction of sp³-hybridized carbons (Fsp3) is 0.214. The van der Waals surface area contributed by atoms with Crippen molar-refractivity contribution in [2.45, 2.75) is 6.42 Å². The number of halogens is 1. The van der Waals surface area contributed by atoms with Gasteiger partial charge >= 0.3 is 0 Å². The van der Waals surface area contributed by atoms with Crippen molar-refractivity contribution < 1.29 is 0 Å². The lowest BCUT2D eigenvalue weighted by molar-refractivity contribution is 1.13. The summed E-state index contributed by atoms with van der Waals surface area (Å²) < 4.78 is 0. The minimum Gasteiger partial charge on any atom is -0.378 e. The summed E-state index contributed by atoms with van der Waals surface area (Å²) in [6.07, 6.45) is 7.05. The van der Waals surface area contributed by atoms with Gasteiger partial charge < -0.3 is 4.90 Å². The quantitative estimate of drug-likeness (QED) is 0.752. The molecular weight excluding hydrogens is 355 g/mol. The molecule has 0 N–H and O–H groups in total. The number of benzene rings is 1. The Hall–Kier alpha value is -0.880. The van der Waals surface area contributed by atoms with Crippen molar-refractivity contribution in [3.63, 3.8) is 0 Å². The number of hydrogen-bond donors (Lipinski definition) is 0. The van der Waals surface area contributed by atoms with Crippen molar-refractivity contribution in [3.8, 4) is 0 Å². The van der Waals surface area contributed by atoms with Gasteiger partial charge in [-0.1, -0.05) is 24.3 Å². The maximum atomic E-state index is 4.25. The minimum atomic E-state index is 0. The Morgan fingerprint density at radius 1 is 1.22 bits per heavy atom. The molecule has 0 aliphatic heterocycles. The number of hydrogen-bond acceptors (Lipinski definition) is 3. The third kappa shape index (κ3) is 4.42. The van der Waals surface area contributed by atoms with Crippen molar-refractivity contribution in [2.24, 2.45) is 0 Å². The molecule has 18 heavy (non-hydrogen) atoms. The molecule has 2 nitrogen and oxygen atoms in total. The topological polar surface area (TPSA) is 16.1 Å². The third-order valence-electron chi connectivity index (χ3n) is 2.50. The van der Waals surface area contributed by atoms with Crippen LogP contribution in [0.5, 0.6) is 0 Å². The van der Waals surface area contributed by atoms with Crippen LogP contribution in [0.15, 0.2) is 41.9 Å². The molecule has 2 rings (SSSR count). The van der Waals surface area contributed by atoms with Gasteiger partial charge in [0, 0.05) is 37.8 Å². The number of anilines is 1. The Kier molecular flexibility index (Phi) is 6.35. The SMILES string of the molecule is CN(C)c1ccc(C=CCc2nccs2)cc1.I. The van der Waals surface area contributed by atoms with Crippen LogP contribution in [-0.4, -0.2) is 19.1 Å². The number of rotatable bonds is 4. The first-order chi connectivity index (χ1) is 8.25. The van der Waals surface area contributed by atoms with E-state index in [2.05, 4.69) is 46.3 Å². The summed E-state index contributed by atoms with van der Waals surface area (Å²) in [5.41, 5.74) is 2.45. The number of aromatic nitrogens is 1. The Bertz CT molecular complexity index is 475. The number of nitrogens with zero attached hydrogens (tertiary/aromatic N) is 2. The largest absolute Gasteiger partial charge is 0.378 e. The van der Waals surface area contributed by atoms with Crippen LogP contribution in [0.3, 0.4) is 0 Å². The second-order valence-electron chi connectivity index (χ2n) is 4.02. The van der Waals surface area contributed by atoms with E-state index in [0.29, 0.717) is 0 Å². The van der Waals surface area contributed by atoms with Gasteiger partial charge in [-0.15, -0.1) is 35.3 Å². The highest BCUT2D eigenvalue weighted by Gasteiger charge is 1.94. The molecule has 2 aromatic rings. The van der Waals surface area contributed by atoms with Crippen LogP contribution in [0.4, 0.5) is 5.69 Å². The van der Waals surface area contributed by atoms with E-state index in [1.54, 1.807) is 11.3 Å². The Balaban J connectivity index is 0.00000162. The zero-order valence-electron chi connectivity index (χ0n) is 10.5. The smallest absolute Gasteiger partial charge is 0.0962 e. The maximum absolute atomic E-state index is 4.25. The van der Waals surface area contributed by atoms with Crippen molar-refractivity contribution in [1.82, 2.24) is 4.98 Å². The molecule has 0 atom stereocenters. The number of allylic oxidation sites excluding steroid dienone is 1. The summed E-state index contributed by atoms with van der Waals surface area (Å²) in [7, 11) is 4.10. The predicted octanol–water partition coefficient (Wildman–Crippen LogP) is 4.08. The van der Waals surface area contributed by atoms with Crippen LogP contribution < -0.4 is 4.90 Å². The van der Waals surface area contributed by atoms with Gasteiger partial charge in [-0.05, 0) is 17.7 Å². The van der Waals surface area contributed by atoms with Crippen LogP contribution in [0.25, 0.3) is 6.08 Å². The fourth-order valence-corrected chi connectivity index (χ4v) is 2.13. The first-order valence-corrected chi connectivity index (χ1v) is 6.46. The average molecular weight is 372 g/mol. The van der Waals surface area contributed by atoms with Crippen molar-refractivity contribution in [2.75, 3.05) is 19.0 Å². The van der Waals surface area contributed by atoms with Gasteiger partial charge in [-0.2, -0.15) is 0 Å². The highest BCUT2D eigenvalue weighted by Crippen LogP contribution is 2.13. The molecule has 0 spiro atoms. The normalized spacial score (nSPS) is 10.3. The monoisotopic (exact) mass is 372 g/mol. The lowest BCUT2D eigenvalue weighted by Crippen LogP contribution is -2.07. The van der Waals surface area contributed by atoms with Gasteiger partial charge in [0.25, 0.3) is 0 Å². The summed E-state index contributed by atoms with van der Waals surface area (Å²) in [6, 6.07) is 8.52. The van der Waals surface area contributed by atoms with E-state index in [-0.39, 0.29) is 24.0 Å². The second-order valence-corrected chi connectivity index (χ2v) is 5.00. The molecule has 1 aromatic carbocycles. The molecule has 0 saturated carbocycles. The van der Waals surface area contributed by atoms with Gasteiger partial charge in [0.05, 0.1) is 5.01 Å². The van der Waals surface area contributed by atoms with E-state index in [1.165, 1.54) is 11.3 Å². The lowest BCUT2D eigenvalue weighted by atomic mass is 10.2. The fourth-order valence-electron chi connectivity index (χ4n) is 1.53. The van der Waals surface area contributed by atoms with Crippen LogP contribution in [0.2, 0.25) is 0 Å². The van der Waals surface area contributed by atoms with Crippen LogP contribution in [0, 0.1) is 0 Å². The van der Waals surface area contributed by atoms with E-state index in [1.807, 2.05) is 25.7 Å². The van der Waals surface area contributed by atoms with Gasteiger partial charge in [0.1, 0.15) is 0 Å². The van der Waals surface area contributed by atoms with Crippen molar-refractivity contribution >= 4 is 47.1 Å². The highest BCUT2D eigenvalue weighted by atomic mass is 127. The Morgan fingerprint density at radius 2 is 1.94 bits per heavy atom. The molecule has 0 amide bonds. The summed E-state index contributed by atoms with van der Waals surface area (Å²) in [6.45, 7) is 0. The third-order valence-corrected chi connectivity index (χ3v) is 3.30. The predicted molar refractivity (Wildman–Crippen MR) is 91.0 cm³/mol. The molecule has 1 aromatic heterocycles. The molecule has 0 aliphatic carbocycles. The molecular formula is C14H17IN2S. The van der Waals surface area contributed by atoms with Gasteiger partial charge in [-0.25, -0.2) is 4.98 Å². The average Bonchev–Trinajstić information content (AvgIpc) is 2.83. The van der Waals surface area contributed by atoms with Gasteiger partial charge in [-0.3, -0.25) is 0 Å². The van der Waals surface area contributed by atoms with Crippen molar-refractivity contribution in [1.29, 1.82) is 0 Å². The Labute approximate surface area is 129 Å². The van der Waals surface area contributed by atoms with E-state index in [4.69, 9.17) is 0 Å². The Morgan fingerprint density at radius 3 is 2.50 bits per heavy atom. The van der Waals surface area contributed by atoms with E-state index in [0.717, 1.165) is 11.4 Å². The first-order valence-electron chi connectivity index (χ1n) is 5.58. The molecule has 0 unspecified atom stereocenters. The summed E-state index contributed by atoms with van der Waals surface area (Å²) >= 11 is 1.70.